The first-order chi connectivity index (χ1) is 16.8. The summed E-state index contributed by atoms with van der Waals surface area (Å²) in [5, 5.41) is 4.42. The fourth-order valence-corrected chi connectivity index (χ4v) is 5.11. The van der Waals surface area contributed by atoms with Crippen LogP contribution in [0.4, 0.5) is 11.4 Å². The second-order valence-electron chi connectivity index (χ2n) is 7.48. The SMILES string of the molecule is CCN(CC)c1ccc(/C=N/NC(=O)CN(c2ccc(Cl)c(Cl)c2)S(=O)(=O)c2ccccc2)cc1. The highest BCUT2D eigenvalue weighted by molar-refractivity contribution is 7.92. The summed E-state index contributed by atoms with van der Waals surface area (Å²) in [4.78, 5) is 14.9. The van der Waals surface area contributed by atoms with E-state index in [4.69, 9.17) is 23.2 Å². The van der Waals surface area contributed by atoms with Crippen LogP contribution < -0.4 is 14.6 Å². The third-order valence-electron chi connectivity index (χ3n) is 5.23. The lowest BCUT2D eigenvalue weighted by molar-refractivity contribution is -0.119. The average molecular weight is 533 g/mol. The van der Waals surface area contributed by atoms with Gasteiger partial charge in [0.15, 0.2) is 0 Å². The molecule has 0 aliphatic carbocycles. The van der Waals surface area contributed by atoms with Crippen molar-refractivity contribution in [1.82, 2.24) is 5.43 Å². The number of anilines is 2. The summed E-state index contributed by atoms with van der Waals surface area (Å²) in [6.45, 7) is 5.48. The van der Waals surface area contributed by atoms with E-state index in [0.717, 1.165) is 28.6 Å². The lowest BCUT2D eigenvalue weighted by Crippen LogP contribution is -2.39. The third-order valence-corrected chi connectivity index (χ3v) is 7.76. The number of carbonyl (C=O) groups is 1. The van der Waals surface area contributed by atoms with Crippen LogP contribution >= 0.6 is 23.2 Å². The minimum absolute atomic E-state index is 0.0377. The van der Waals surface area contributed by atoms with Crippen molar-refractivity contribution in [3.05, 3.63) is 88.4 Å². The lowest BCUT2D eigenvalue weighted by atomic mass is 10.2. The molecule has 7 nitrogen and oxygen atoms in total. The number of rotatable bonds is 10. The first-order valence-corrected chi connectivity index (χ1v) is 13.2. The van der Waals surface area contributed by atoms with Crippen LogP contribution in [0.25, 0.3) is 0 Å². The van der Waals surface area contributed by atoms with Gasteiger partial charge in [-0.25, -0.2) is 13.8 Å². The van der Waals surface area contributed by atoms with Crippen molar-refractivity contribution in [3.63, 3.8) is 0 Å². The summed E-state index contributed by atoms with van der Waals surface area (Å²) in [6.07, 6.45) is 1.50. The number of nitrogens with zero attached hydrogens (tertiary/aromatic N) is 3. The minimum Gasteiger partial charge on any atom is -0.372 e. The molecule has 3 rings (SSSR count). The zero-order valence-corrected chi connectivity index (χ0v) is 21.7. The van der Waals surface area contributed by atoms with Gasteiger partial charge in [-0.3, -0.25) is 9.10 Å². The average Bonchev–Trinajstić information content (AvgIpc) is 2.86. The van der Waals surface area contributed by atoms with Crippen molar-refractivity contribution in [3.8, 4) is 0 Å². The van der Waals surface area contributed by atoms with Gasteiger partial charge in [0, 0.05) is 18.8 Å². The zero-order valence-electron chi connectivity index (χ0n) is 19.4. The van der Waals surface area contributed by atoms with Gasteiger partial charge >= 0.3 is 0 Å². The first kappa shape index (κ1) is 26.5. The standard InChI is InChI=1S/C25H26Cl2N4O3S/c1-3-30(4-2)20-12-10-19(11-13-20)17-28-29-25(32)18-31(21-14-15-23(26)24(27)16-21)35(33,34)22-8-6-5-7-9-22/h5-17H,3-4,18H2,1-2H3,(H,29,32)/b28-17+. The van der Waals surface area contributed by atoms with Gasteiger partial charge in [-0.2, -0.15) is 5.10 Å². The smallest absolute Gasteiger partial charge is 0.264 e. The molecule has 0 atom stereocenters. The van der Waals surface area contributed by atoms with E-state index in [9.17, 15) is 13.2 Å². The molecule has 0 spiro atoms. The Morgan fingerprint density at radius 2 is 1.54 bits per heavy atom. The molecule has 1 N–H and O–H groups in total. The van der Waals surface area contributed by atoms with Crippen LogP contribution in [0.2, 0.25) is 10.0 Å². The first-order valence-electron chi connectivity index (χ1n) is 11.0. The molecule has 3 aromatic rings. The second kappa shape index (κ2) is 12.1. The Labute approximate surface area is 216 Å². The fourth-order valence-electron chi connectivity index (χ4n) is 3.38. The third kappa shape index (κ3) is 6.75. The Bertz CT molecular complexity index is 1280. The van der Waals surface area contributed by atoms with Crippen LogP contribution in [0, 0.1) is 0 Å². The maximum Gasteiger partial charge on any atom is 0.264 e. The van der Waals surface area contributed by atoms with Gasteiger partial charge in [-0.15, -0.1) is 0 Å². The number of carbonyl (C=O) groups excluding carboxylic acids is 1. The van der Waals surface area contributed by atoms with Gasteiger partial charge in [0.25, 0.3) is 15.9 Å². The Kier molecular flexibility index (Phi) is 9.14. The molecule has 0 saturated heterocycles. The van der Waals surface area contributed by atoms with Crippen molar-refractivity contribution in [1.29, 1.82) is 0 Å². The van der Waals surface area contributed by atoms with Crippen LogP contribution in [-0.2, 0) is 14.8 Å². The van der Waals surface area contributed by atoms with Gasteiger partial charge in [-0.05, 0) is 61.9 Å². The van der Waals surface area contributed by atoms with Crippen molar-refractivity contribution >= 4 is 56.7 Å². The van der Waals surface area contributed by atoms with E-state index < -0.39 is 22.5 Å². The largest absolute Gasteiger partial charge is 0.372 e. The zero-order chi connectivity index (χ0) is 25.4. The van der Waals surface area contributed by atoms with Gasteiger partial charge in [-0.1, -0.05) is 53.5 Å². The van der Waals surface area contributed by atoms with E-state index in [2.05, 4.69) is 29.3 Å². The predicted molar refractivity (Wildman–Crippen MR) is 143 cm³/mol. The predicted octanol–water partition coefficient (Wildman–Crippen LogP) is 5.19. The molecule has 0 unspecified atom stereocenters. The molecule has 0 fully saturated rings. The molecule has 10 heteroatoms. The normalized spacial score (nSPS) is 11.4. The number of hydrogen-bond donors (Lipinski definition) is 1. The van der Waals surface area contributed by atoms with Crippen molar-refractivity contribution in [2.45, 2.75) is 18.7 Å². The molecule has 0 aliphatic heterocycles. The summed E-state index contributed by atoms with van der Waals surface area (Å²) >= 11 is 12.1. The topological polar surface area (TPSA) is 82.1 Å². The highest BCUT2D eigenvalue weighted by Gasteiger charge is 2.27. The molecule has 0 aliphatic rings. The summed E-state index contributed by atoms with van der Waals surface area (Å²) in [5.74, 6) is -0.619. The molecule has 0 bridgehead atoms. The number of hydrogen-bond acceptors (Lipinski definition) is 5. The van der Waals surface area contributed by atoms with E-state index >= 15 is 0 Å². The minimum atomic E-state index is -4.06. The van der Waals surface area contributed by atoms with Crippen LogP contribution in [0.3, 0.4) is 0 Å². The van der Waals surface area contributed by atoms with E-state index in [0.29, 0.717) is 0 Å². The van der Waals surface area contributed by atoms with E-state index in [-0.39, 0.29) is 20.6 Å². The Morgan fingerprint density at radius 1 is 0.914 bits per heavy atom. The molecule has 184 valence electrons. The lowest BCUT2D eigenvalue weighted by Gasteiger charge is -2.24. The molecule has 3 aromatic carbocycles. The maximum atomic E-state index is 13.3. The highest BCUT2D eigenvalue weighted by Crippen LogP contribution is 2.30. The van der Waals surface area contributed by atoms with Gasteiger partial charge in [0.2, 0.25) is 0 Å². The van der Waals surface area contributed by atoms with Crippen LogP contribution in [-0.4, -0.2) is 40.2 Å². The van der Waals surface area contributed by atoms with Crippen molar-refractivity contribution < 1.29 is 13.2 Å². The second-order valence-corrected chi connectivity index (χ2v) is 10.2. The molecule has 0 heterocycles. The van der Waals surface area contributed by atoms with Crippen LogP contribution in [0.5, 0.6) is 0 Å². The Balaban J connectivity index is 1.77. The number of sulfonamides is 1. The molecule has 0 aromatic heterocycles. The summed E-state index contributed by atoms with van der Waals surface area (Å²) < 4.78 is 27.6. The molecule has 0 saturated carbocycles. The number of halogens is 2. The summed E-state index contributed by atoms with van der Waals surface area (Å²) in [7, 11) is -4.06. The number of benzene rings is 3. The maximum absolute atomic E-state index is 13.3. The van der Waals surface area contributed by atoms with Crippen LogP contribution in [0.1, 0.15) is 19.4 Å². The molecular weight excluding hydrogens is 507 g/mol. The molecule has 35 heavy (non-hydrogen) atoms. The summed E-state index contributed by atoms with van der Waals surface area (Å²) in [6, 6.07) is 19.9. The van der Waals surface area contributed by atoms with Crippen LogP contribution in [0.15, 0.2) is 82.8 Å². The number of nitrogens with one attached hydrogen (secondary N) is 1. The van der Waals surface area contributed by atoms with Gasteiger partial charge in [0.05, 0.1) is 26.8 Å². The van der Waals surface area contributed by atoms with Crippen molar-refractivity contribution in [2.75, 3.05) is 28.8 Å². The fraction of sp³-hybridized carbons (Fsp3) is 0.200. The highest BCUT2D eigenvalue weighted by atomic mass is 35.5. The van der Waals surface area contributed by atoms with E-state index in [1.54, 1.807) is 18.2 Å². The quantitative estimate of drug-likeness (QED) is 0.288. The Hall–Kier alpha value is -3.07. The van der Waals surface area contributed by atoms with E-state index in [1.807, 2.05) is 24.3 Å². The number of amides is 1. The molecular formula is C25H26Cl2N4O3S. The van der Waals surface area contributed by atoms with Crippen molar-refractivity contribution in [2.24, 2.45) is 5.10 Å². The Morgan fingerprint density at radius 3 is 2.14 bits per heavy atom. The molecule has 1 amide bonds. The van der Waals surface area contributed by atoms with Gasteiger partial charge in [0.1, 0.15) is 6.54 Å². The van der Waals surface area contributed by atoms with Gasteiger partial charge < -0.3 is 4.90 Å². The van der Waals surface area contributed by atoms with E-state index in [1.165, 1.54) is 36.5 Å². The summed E-state index contributed by atoms with van der Waals surface area (Å²) in [5.41, 5.74) is 4.49. The number of hydrazone groups is 1. The molecule has 0 radical (unpaired) electrons. The monoisotopic (exact) mass is 532 g/mol.